The van der Waals surface area contributed by atoms with Gasteiger partial charge in [0.1, 0.15) is 0 Å². The van der Waals surface area contributed by atoms with Crippen LogP contribution in [0.5, 0.6) is 0 Å². The highest BCUT2D eigenvalue weighted by Gasteiger charge is 2.11. The summed E-state index contributed by atoms with van der Waals surface area (Å²) in [6.45, 7) is 1.47. The van der Waals surface area contributed by atoms with E-state index in [1.807, 2.05) is 0 Å². The number of carboxylic acid groups (broad SMARTS) is 1. The normalized spacial score (nSPS) is 12.1. The maximum Gasteiger partial charge on any atom is 0.163 e. The summed E-state index contributed by atoms with van der Waals surface area (Å²) in [5.74, 6) is -2.08. The zero-order valence-corrected chi connectivity index (χ0v) is 7.90. The summed E-state index contributed by atoms with van der Waals surface area (Å²) in [6, 6.07) is 8.64. The van der Waals surface area contributed by atoms with Gasteiger partial charge in [0.25, 0.3) is 0 Å². The fourth-order valence-corrected chi connectivity index (χ4v) is 1.10. The molecule has 14 heavy (non-hydrogen) atoms. The van der Waals surface area contributed by atoms with Crippen LogP contribution in [0.3, 0.4) is 0 Å². The molecular weight excluding hydrogens is 180 g/mol. The van der Waals surface area contributed by atoms with Gasteiger partial charge in [0.05, 0.1) is 0 Å². The smallest absolute Gasteiger partial charge is 0.163 e. The summed E-state index contributed by atoms with van der Waals surface area (Å²) in [5, 5.41) is 10.4. The van der Waals surface area contributed by atoms with Crippen molar-refractivity contribution in [2.45, 2.75) is 13.3 Å². The summed E-state index contributed by atoms with van der Waals surface area (Å²) in [5.41, 5.74) is 0.542. The number of rotatable bonds is 4. The van der Waals surface area contributed by atoms with Crippen molar-refractivity contribution >= 4 is 11.8 Å². The number of carboxylic acids is 1. The molecule has 0 fully saturated rings. The van der Waals surface area contributed by atoms with Crippen LogP contribution in [0.1, 0.15) is 23.7 Å². The lowest BCUT2D eigenvalue weighted by Crippen LogP contribution is -2.30. The number of hydrogen-bond donors (Lipinski definition) is 0. The van der Waals surface area contributed by atoms with Crippen LogP contribution in [0.25, 0.3) is 0 Å². The maximum atomic E-state index is 11.5. The largest absolute Gasteiger partial charge is 0.550 e. The minimum Gasteiger partial charge on any atom is -0.550 e. The highest BCUT2D eigenvalue weighted by molar-refractivity contribution is 5.97. The van der Waals surface area contributed by atoms with Gasteiger partial charge in [-0.15, -0.1) is 0 Å². The lowest BCUT2D eigenvalue weighted by Gasteiger charge is -2.10. The van der Waals surface area contributed by atoms with Crippen molar-refractivity contribution in [2.24, 2.45) is 5.92 Å². The molecule has 3 nitrogen and oxygen atoms in total. The fraction of sp³-hybridized carbons (Fsp3) is 0.273. The third-order valence-electron chi connectivity index (χ3n) is 1.99. The Morgan fingerprint density at radius 2 is 1.86 bits per heavy atom. The molecule has 0 aliphatic rings. The van der Waals surface area contributed by atoms with Crippen molar-refractivity contribution < 1.29 is 14.7 Å². The second kappa shape index (κ2) is 4.56. The van der Waals surface area contributed by atoms with E-state index in [0.29, 0.717) is 5.56 Å². The zero-order chi connectivity index (χ0) is 10.6. The molecule has 1 aromatic rings. The van der Waals surface area contributed by atoms with Crippen LogP contribution in [-0.2, 0) is 4.79 Å². The van der Waals surface area contributed by atoms with Crippen molar-refractivity contribution in [3.8, 4) is 0 Å². The van der Waals surface area contributed by atoms with Gasteiger partial charge in [0.2, 0.25) is 0 Å². The Morgan fingerprint density at radius 3 is 2.36 bits per heavy atom. The topological polar surface area (TPSA) is 57.2 Å². The lowest BCUT2D eigenvalue weighted by atomic mass is 10.0. The molecule has 0 spiro atoms. The predicted molar refractivity (Wildman–Crippen MR) is 49.6 cm³/mol. The molecule has 0 amide bonds. The van der Waals surface area contributed by atoms with Gasteiger partial charge in [-0.05, 0) is 0 Å². The van der Waals surface area contributed by atoms with Gasteiger partial charge in [-0.1, -0.05) is 37.3 Å². The summed E-state index contributed by atoms with van der Waals surface area (Å²) in [4.78, 5) is 21.9. The van der Waals surface area contributed by atoms with Gasteiger partial charge in [-0.3, -0.25) is 4.79 Å². The molecule has 0 bridgehead atoms. The first kappa shape index (κ1) is 10.4. The van der Waals surface area contributed by atoms with Crippen LogP contribution in [0.15, 0.2) is 30.3 Å². The SMILES string of the molecule is CC(CC(=O)c1ccccc1)C(=O)[O-]. The zero-order valence-electron chi connectivity index (χ0n) is 7.90. The number of hydrogen-bond acceptors (Lipinski definition) is 3. The Hall–Kier alpha value is -1.64. The molecular formula is C11H11O3-. The molecule has 1 aromatic carbocycles. The van der Waals surface area contributed by atoms with Crippen molar-refractivity contribution in [1.29, 1.82) is 0 Å². The Labute approximate surface area is 82.4 Å². The van der Waals surface area contributed by atoms with E-state index >= 15 is 0 Å². The second-order valence-corrected chi connectivity index (χ2v) is 3.21. The number of carbonyl (C=O) groups excluding carboxylic acids is 2. The third kappa shape index (κ3) is 2.69. The number of carbonyl (C=O) groups is 2. The van der Waals surface area contributed by atoms with Crippen LogP contribution in [0.2, 0.25) is 0 Å². The summed E-state index contributed by atoms with van der Waals surface area (Å²) < 4.78 is 0. The minimum atomic E-state index is -1.19. The average molecular weight is 191 g/mol. The minimum absolute atomic E-state index is 0.00759. The first-order valence-corrected chi connectivity index (χ1v) is 4.40. The molecule has 0 radical (unpaired) electrons. The Kier molecular flexibility index (Phi) is 3.40. The molecule has 1 atom stereocenters. The molecule has 74 valence electrons. The van der Waals surface area contributed by atoms with Crippen LogP contribution >= 0.6 is 0 Å². The quantitative estimate of drug-likeness (QED) is 0.656. The van der Waals surface area contributed by atoms with Crippen molar-refractivity contribution in [3.63, 3.8) is 0 Å². The number of benzene rings is 1. The van der Waals surface area contributed by atoms with Crippen LogP contribution < -0.4 is 5.11 Å². The second-order valence-electron chi connectivity index (χ2n) is 3.21. The van der Waals surface area contributed by atoms with E-state index in [4.69, 9.17) is 0 Å². The Balaban J connectivity index is 2.64. The van der Waals surface area contributed by atoms with Gasteiger partial charge in [0.15, 0.2) is 5.78 Å². The van der Waals surface area contributed by atoms with Gasteiger partial charge in [0, 0.05) is 23.9 Å². The van der Waals surface area contributed by atoms with Gasteiger partial charge in [-0.2, -0.15) is 0 Å². The van der Waals surface area contributed by atoms with Gasteiger partial charge in [-0.25, -0.2) is 0 Å². The molecule has 0 aliphatic heterocycles. The molecule has 1 rings (SSSR count). The van der Waals surface area contributed by atoms with E-state index in [0.717, 1.165) is 0 Å². The average Bonchev–Trinajstić information content (AvgIpc) is 2.19. The Morgan fingerprint density at radius 1 is 1.29 bits per heavy atom. The number of ketones is 1. The molecule has 0 saturated carbocycles. The molecule has 3 heteroatoms. The van der Waals surface area contributed by atoms with Crippen LogP contribution in [-0.4, -0.2) is 11.8 Å². The van der Waals surface area contributed by atoms with Gasteiger partial charge >= 0.3 is 0 Å². The van der Waals surface area contributed by atoms with Crippen molar-refractivity contribution in [2.75, 3.05) is 0 Å². The summed E-state index contributed by atoms with van der Waals surface area (Å²) in [7, 11) is 0. The van der Waals surface area contributed by atoms with E-state index in [1.165, 1.54) is 6.92 Å². The van der Waals surface area contributed by atoms with Gasteiger partial charge < -0.3 is 9.90 Å². The van der Waals surface area contributed by atoms with Crippen molar-refractivity contribution in [3.05, 3.63) is 35.9 Å². The predicted octanol–water partition coefficient (Wildman–Crippen LogP) is 0.645. The van der Waals surface area contributed by atoms with E-state index in [-0.39, 0.29) is 12.2 Å². The molecule has 0 N–H and O–H groups in total. The summed E-state index contributed by atoms with van der Waals surface area (Å²) in [6.07, 6.45) is -0.00759. The van der Waals surface area contributed by atoms with E-state index in [1.54, 1.807) is 30.3 Å². The maximum absolute atomic E-state index is 11.5. The fourth-order valence-electron chi connectivity index (χ4n) is 1.10. The lowest BCUT2D eigenvalue weighted by molar-refractivity contribution is -0.310. The first-order valence-electron chi connectivity index (χ1n) is 4.40. The van der Waals surface area contributed by atoms with Crippen LogP contribution in [0.4, 0.5) is 0 Å². The van der Waals surface area contributed by atoms with E-state index in [9.17, 15) is 14.7 Å². The Bertz CT molecular complexity index is 330. The standard InChI is InChI=1S/C11H12O3/c1-8(11(13)14)7-10(12)9-5-3-2-4-6-9/h2-6,8H,7H2,1H3,(H,13,14)/p-1. The van der Waals surface area contributed by atoms with Crippen LogP contribution in [0, 0.1) is 5.92 Å². The molecule has 0 aliphatic carbocycles. The highest BCUT2D eigenvalue weighted by atomic mass is 16.4. The number of Topliss-reactive ketones (excluding diaryl/α,β-unsaturated/α-hetero) is 1. The third-order valence-corrected chi connectivity index (χ3v) is 1.99. The molecule has 0 heterocycles. The molecule has 0 saturated heterocycles. The van der Waals surface area contributed by atoms with Crippen molar-refractivity contribution in [1.82, 2.24) is 0 Å². The molecule has 0 aromatic heterocycles. The van der Waals surface area contributed by atoms with E-state index in [2.05, 4.69) is 0 Å². The number of aliphatic carboxylic acids is 1. The highest BCUT2D eigenvalue weighted by Crippen LogP contribution is 2.08. The first-order chi connectivity index (χ1) is 6.61. The summed E-state index contributed by atoms with van der Waals surface area (Å²) >= 11 is 0. The monoisotopic (exact) mass is 191 g/mol. The van der Waals surface area contributed by atoms with E-state index < -0.39 is 11.9 Å². The molecule has 1 unspecified atom stereocenters.